The van der Waals surface area contributed by atoms with Crippen molar-refractivity contribution in [2.45, 2.75) is 13.8 Å². The van der Waals surface area contributed by atoms with Crippen LogP contribution in [0.15, 0.2) is 25.3 Å². The van der Waals surface area contributed by atoms with Gasteiger partial charge < -0.3 is 0 Å². The van der Waals surface area contributed by atoms with Crippen molar-refractivity contribution in [2.24, 2.45) is 0 Å². The van der Waals surface area contributed by atoms with Gasteiger partial charge in [0, 0.05) is 14.8 Å². The molecule has 0 atom stereocenters. The third-order valence-corrected chi connectivity index (χ3v) is 2.62. The van der Waals surface area contributed by atoms with Gasteiger partial charge >= 0.3 is 0 Å². The molecular weight excluding hydrogens is 297 g/mol. The van der Waals surface area contributed by atoms with E-state index in [0.717, 1.165) is 26.1 Å². The summed E-state index contributed by atoms with van der Waals surface area (Å²) in [5.41, 5.74) is 4.13. The zero-order valence-corrected chi connectivity index (χ0v) is 11.2. The highest BCUT2D eigenvalue weighted by molar-refractivity contribution is 14.1. The zero-order chi connectivity index (χ0) is 11.4. The molecule has 0 bridgehead atoms. The third kappa shape index (κ3) is 2.78. The molecule has 0 fully saturated rings. The second-order valence-electron chi connectivity index (χ2n) is 3.22. The number of allylic oxidation sites excluding steroid dienone is 1. The molecule has 1 aromatic heterocycles. The van der Waals surface area contributed by atoms with Crippen LogP contribution in [-0.2, 0) is 0 Å². The van der Waals surface area contributed by atoms with Crippen LogP contribution < -0.4 is 0 Å². The van der Waals surface area contributed by atoms with Gasteiger partial charge in [0.1, 0.15) is 0 Å². The Hall–Kier alpha value is -0.900. The summed E-state index contributed by atoms with van der Waals surface area (Å²) in [7, 11) is 0. The fraction of sp³-hybridized carbons (Fsp3) is 0.154. The van der Waals surface area contributed by atoms with Gasteiger partial charge in [-0.2, -0.15) is 0 Å². The van der Waals surface area contributed by atoms with E-state index in [1.54, 1.807) is 0 Å². The summed E-state index contributed by atoms with van der Waals surface area (Å²) >= 11 is 2.22. The molecule has 0 unspecified atom stereocenters. The highest BCUT2D eigenvalue weighted by Crippen LogP contribution is 2.27. The lowest BCUT2D eigenvalue weighted by atomic mass is 10.0. The number of pyridine rings is 1. The van der Waals surface area contributed by atoms with Crippen molar-refractivity contribution < 1.29 is 0 Å². The Labute approximate surface area is 105 Å². The maximum absolute atomic E-state index is 4.47. The van der Waals surface area contributed by atoms with Crippen molar-refractivity contribution in [3.63, 3.8) is 0 Å². The van der Waals surface area contributed by atoms with Gasteiger partial charge in [0.2, 0.25) is 0 Å². The quantitative estimate of drug-likeness (QED) is 0.751. The molecule has 0 spiro atoms. The van der Waals surface area contributed by atoms with Crippen LogP contribution >= 0.6 is 22.6 Å². The Morgan fingerprint density at radius 2 is 2.20 bits per heavy atom. The van der Waals surface area contributed by atoms with Gasteiger partial charge in [-0.15, -0.1) is 0 Å². The van der Waals surface area contributed by atoms with Crippen LogP contribution in [0.4, 0.5) is 0 Å². The Kier molecular flexibility index (Phi) is 4.27. The first-order valence-corrected chi connectivity index (χ1v) is 5.79. The molecule has 78 valence electrons. The largest absolute Gasteiger partial charge is 0.253 e. The number of aromatic nitrogens is 1. The van der Waals surface area contributed by atoms with Crippen LogP contribution in [0, 0.1) is 6.92 Å². The molecular formula is C13H14IN. The van der Waals surface area contributed by atoms with Gasteiger partial charge in [-0.05, 0) is 54.1 Å². The van der Waals surface area contributed by atoms with E-state index in [0.29, 0.717) is 0 Å². The fourth-order valence-corrected chi connectivity index (χ4v) is 1.88. The van der Waals surface area contributed by atoms with Gasteiger partial charge in [-0.1, -0.05) is 25.3 Å². The van der Waals surface area contributed by atoms with Crippen molar-refractivity contribution in [2.75, 3.05) is 0 Å². The van der Waals surface area contributed by atoms with E-state index < -0.39 is 0 Å². The number of aryl methyl sites for hydroxylation is 1. The minimum Gasteiger partial charge on any atom is -0.253 e. The van der Waals surface area contributed by atoms with Gasteiger partial charge in [0.25, 0.3) is 0 Å². The summed E-state index contributed by atoms with van der Waals surface area (Å²) in [5, 5.41) is 0. The molecule has 0 saturated carbocycles. The van der Waals surface area contributed by atoms with Crippen LogP contribution in [0.1, 0.15) is 29.4 Å². The number of halogens is 1. The SMILES string of the molecule is C=Cc1c(C(=C)I)cc(C)nc1/C=C\C. The molecule has 0 amide bonds. The zero-order valence-electron chi connectivity index (χ0n) is 9.05. The van der Waals surface area contributed by atoms with Crippen molar-refractivity contribution in [1.29, 1.82) is 0 Å². The summed E-state index contributed by atoms with van der Waals surface area (Å²) < 4.78 is 1.01. The number of hydrogen-bond donors (Lipinski definition) is 0. The summed E-state index contributed by atoms with van der Waals surface area (Å²) in [4.78, 5) is 4.47. The molecule has 1 rings (SSSR count). The van der Waals surface area contributed by atoms with Crippen molar-refractivity contribution in [3.05, 3.63) is 47.8 Å². The predicted molar refractivity (Wildman–Crippen MR) is 76.8 cm³/mol. The average molecular weight is 311 g/mol. The van der Waals surface area contributed by atoms with Gasteiger partial charge in [0.15, 0.2) is 0 Å². The molecule has 0 N–H and O–H groups in total. The molecule has 0 aliphatic rings. The molecule has 2 heteroatoms. The lowest BCUT2D eigenvalue weighted by molar-refractivity contribution is 1.17. The third-order valence-electron chi connectivity index (χ3n) is 2.04. The normalized spacial score (nSPS) is 10.6. The molecule has 0 radical (unpaired) electrons. The Balaban J connectivity index is 3.51. The molecule has 0 aromatic carbocycles. The number of nitrogens with zero attached hydrogens (tertiary/aromatic N) is 1. The summed E-state index contributed by atoms with van der Waals surface area (Å²) in [6.07, 6.45) is 5.81. The van der Waals surface area contributed by atoms with Crippen molar-refractivity contribution >= 4 is 38.3 Å². The maximum atomic E-state index is 4.47. The second-order valence-corrected chi connectivity index (χ2v) is 4.52. The maximum Gasteiger partial charge on any atom is 0.0708 e. The van der Waals surface area contributed by atoms with Gasteiger partial charge in [0.05, 0.1) is 5.69 Å². The molecule has 1 aromatic rings. The smallest absolute Gasteiger partial charge is 0.0708 e. The Morgan fingerprint density at radius 1 is 1.53 bits per heavy atom. The minimum atomic E-state index is 0.959. The standard InChI is InChI=1S/C13H14IN/c1-5-7-13-11(6-2)12(10(4)14)8-9(3)15-13/h5-8H,2,4H2,1,3H3/b7-5-. The van der Waals surface area contributed by atoms with Crippen LogP contribution in [-0.4, -0.2) is 4.98 Å². The highest BCUT2D eigenvalue weighted by atomic mass is 127. The highest BCUT2D eigenvalue weighted by Gasteiger charge is 2.07. The molecule has 1 nitrogen and oxygen atoms in total. The van der Waals surface area contributed by atoms with Crippen LogP contribution in [0.25, 0.3) is 15.7 Å². The molecule has 0 aliphatic heterocycles. The monoisotopic (exact) mass is 311 g/mol. The second kappa shape index (κ2) is 5.26. The Morgan fingerprint density at radius 3 is 2.67 bits per heavy atom. The molecule has 0 aliphatic carbocycles. The van der Waals surface area contributed by atoms with Crippen molar-refractivity contribution in [1.82, 2.24) is 4.98 Å². The molecule has 1 heterocycles. The number of rotatable bonds is 3. The predicted octanol–water partition coefficient (Wildman–Crippen LogP) is 4.47. The number of hydrogen-bond acceptors (Lipinski definition) is 1. The lowest BCUT2D eigenvalue weighted by Crippen LogP contribution is -1.95. The van der Waals surface area contributed by atoms with Crippen LogP contribution in [0.5, 0.6) is 0 Å². The van der Waals surface area contributed by atoms with Gasteiger partial charge in [-0.25, -0.2) is 0 Å². The van der Waals surface area contributed by atoms with Crippen LogP contribution in [0.3, 0.4) is 0 Å². The van der Waals surface area contributed by atoms with E-state index in [-0.39, 0.29) is 0 Å². The van der Waals surface area contributed by atoms with Gasteiger partial charge in [-0.3, -0.25) is 4.98 Å². The van der Waals surface area contributed by atoms with E-state index >= 15 is 0 Å². The summed E-state index contributed by atoms with van der Waals surface area (Å²) in [6, 6.07) is 2.04. The average Bonchev–Trinajstić information content (AvgIpc) is 2.17. The van der Waals surface area contributed by atoms with Crippen LogP contribution in [0.2, 0.25) is 0 Å². The van der Waals surface area contributed by atoms with E-state index in [2.05, 4.69) is 40.7 Å². The topological polar surface area (TPSA) is 12.9 Å². The first-order valence-electron chi connectivity index (χ1n) is 4.71. The lowest BCUT2D eigenvalue weighted by Gasteiger charge is -2.09. The van der Waals surface area contributed by atoms with E-state index in [9.17, 15) is 0 Å². The van der Waals surface area contributed by atoms with E-state index in [1.807, 2.05) is 38.1 Å². The van der Waals surface area contributed by atoms with E-state index in [1.165, 1.54) is 0 Å². The van der Waals surface area contributed by atoms with Crippen molar-refractivity contribution in [3.8, 4) is 0 Å². The summed E-state index contributed by atoms with van der Waals surface area (Å²) in [5.74, 6) is 0. The minimum absolute atomic E-state index is 0.959. The van der Waals surface area contributed by atoms with E-state index in [4.69, 9.17) is 0 Å². The fourth-order valence-electron chi connectivity index (χ4n) is 1.43. The molecule has 15 heavy (non-hydrogen) atoms. The first kappa shape index (κ1) is 12.2. The first-order chi connectivity index (χ1) is 7.10. The Bertz CT molecular complexity index is 430. The summed E-state index contributed by atoms with van der Waals surface area (Å²) in [6.45, 7) is 11.8. The molecule has 0 saturated heterocycles.